The van der Waals surface area contributed by atoms with Crippen LogP contribution >= 0.6 is 15.9 Å². The van der Waals surface area contributed by atoms with Crippen molar-refractivity contribution in [1.29, 1.82) is 0 Å². The van der Waals surface area contributed by atoms with Crippen molar-refractivity contribution in [2.24, 2.45) is 5.73 Å². The van der Waals surface area contributed by atoms with Crippen molar-refractivity contribution in [3.05, 3.63) is 34.3 Å². The molecule has 15 heavy (non-hydrogen) atoms. The van der Waals surface area contributed by atoms with Crippen molar-refractivity contribution in [2.75, 3.05) is 6.54 Å². The summed E-state index contributed by atoms with van der Waals surface area (Å²) in [7, 11) is 0. The SMILES string of the molecule is CCC(NCC(N)=O)c1ccc(Br)cc1. The van der Waals surface area contributed by atoms with Crippen LogP contribution in [0.3, 0.4) is 0 Å². The van der Waals surface area contributed by atoms with Gasteiger partial charge in [0.05, 0.1) is 6.54 Å². The van der Waals surface area contributed by atoms with E-state index in [0.717, 1.165) is 10.9 Å². The van der Waals surface area contributed by atoms with Gasteiger partial charge in [-0.1, -0.05) is 35.0 Å². The van der Waals surface area contributed by atoms with Gasteiger partial charge in [0.15, 0.2) is 0 Å². The Hall–Kier alpha value is -0.870. The third-order valence-electron chi connectivity index (χ3n) is 2.20. The first-order valence-corrected chi connectivity index (χ1v) is 5.70. The van der Waals surface area contributed by atoms with Gasteiger partial charge in [-0.2, -0.15) is 0 Å². The lowest BCUT2D eigenvalue weighted by Crippen LogP contribution is -2.31. The summed E-state index contributed by atoms with van der Waals surface area (Å²) in [5, 5.41) is 3.11. The molecule has 0 aliphatic carbocycles. The summed E-state index contributed by atoms with van der Waals surface area (Å²) in [5.74, 6) is -0.328. The van der Waals surface area contributed by atoms with Crippen molar-refractivity contribution in [3.63, 3.8) is 0 Å². The maximum Gasteiger partial charge on any atom is 0.231 e. The van der Waals surface area contributed by atoms with Gasteiger partial charge in [-0.15, -0.1) is 0 Å². The highest BCUT2D eigenvalue weighted by atomic mass is 79.9. The first kappa shape index (κ1) is 12.2. The van der Waals surface area contributed by atoms with Gasteiger partial charge < -0.3 is 11.1 Å². The monoisotopic (exact) mass is 270 g/mol. The Morgan fingerprint density at radius 1 is 1.47 bits per heavy atom. The molecule has 82 valence electrons. The number of amides is 1. The predicted octanol–water partition coefficient (Wildman–Crippen LogP) is 1.98. The van der Waals surface area contributed by atoms with E-state index in [1.165, 1.54) is 5.56 Å². The Balaban J connectivity index is 2.65. The second kappa shape index (κ2) is 5.88. The molecular weight excluding hydrogens is 256 g/mol. The first-order chi connectivity index (χ1) is 7.13. The summed E-state index contributed by atoms with van der Waals surface area (Å²) in [6.07, 6.45) is 0.926. The van der Waals surface area contributed by atoms with Gasteiger partial charge >= 0.3 is 0 Å². The summed E-state index contributed by atoms with van der Waals surface area (Å²) in [4.78, 5) is 10.7. The number of carbonyl (C=O) groups excluding carboxylic acids is 1. The molecule has 3 N–H and O–H groups in total. The Kier molecular flexibility index (Phi) is 4.78. The van der Waals surface area contributed by atoms with E-state index in [1.54, 1.807) is 0 Å². The summed E-state index contributed by atoms with van der Waals surface area (Å²) in [6.45, 7) is 2.29. The van der Waals surface area contributed by atoms with Crippen LogP contribution in [0.1, 0.15) is 24.9 Å². The molecule has 0 aliphatic rings. The van der Waals surface area contributed by atoms with Crippen molar-refractivity contribution in [1.82, 2.24) is 5.32 Å². The summed E-state index contributed by atoms with van der Waals surface area (Å²) < 4.78 is 1.05. The second-order valence-electron chi connectivity index (χ2n) is 3.36. The van der Waals surface area contributed by atoms with Gasteiger partial charge in [0.25, 0.3) is 0 Å². The fourth-order valence-corrected chi connectivity index (χ4v) is 1.68. The molecule has 1 amide bonds. The normalized spacial score (nSPS) is 12.4. The number of primary amides is 1. The van der Waals surface area contributed by atoms with Gasteiger partial charge in [0.2, 0.25) is 5.91 Å². The number of halogens is 1. The van der Waals surface area contributed by atoms with Crippen LogP contribution in [0.2, 0.25) is 0 Å². The first-order valence-electron chi connectivity index (χ1n) is 4.90. The number of hydrogen-bond acceptors (Lipinski definition) is 2. The Morgan fingerprint density at radius 3 is 2.53 bits per heavy atom. The van der Waals surface area contributed by atoms with Crippen LogP contribution < -0.4 is 11.1 Å². The molecule has 0 bridgehead atoms. The Morgan fingerprint density at radius 2 is 2.07 bits per heavy atom. The van der Waals surface area contributed by atoms with Gasteiger partial charge in [-0.25, -0.2) is 0 Å². The van der Waals surface area contributed by atoms with Gasteiger partial charge in [-0.05, 0) is 24.1 Å². The number of benzene rings is 1. The van der Waals surface area contributed by atoms with Gasteiger partial charge in [-0.3, -0.25) is 4.79 Å². The molecule has 0 fully saturated rings. The van der Waals surface area contributed by atoms with E-state index in [9.17, 15) is 4.79 Å². The summed E-state index contributed by atoms with van der Waals surface area (Å²) >= 11 is 3.38. The van der Waals surface area contributed by atoms with E-state index in [-0.39, 0.29) is 18.5 Å². The zero-order valence-corrected chi connectivity index (χ0v) is 10.3. The standard InChI is InChI=1S/C11H15BrN2O/c1-2-10(14-7-11(13)15)8-3-5-9(12)6-4-8/h3-6,10,14H,2,7H2,1H3,(H2,13,15). The van der Waals surface area contributed by atoms with Crippen LogP contribution in [-0.4, -0.2) is 12.5 Å². The van der Waals surface area contributed by atoms with Crippen LogP contribution in [0.5, 0.6) is 0 Å². The minimum atomic E-state index is -0.328. The lowest BCUT2D eigenvalue weighted by molar-refractivity contribution is -0.117. The molecule has 0 aromatic heterocycles. The van der Waals surface area contributed by atoms with Crippen LogP contribution in [-0.2, 0) is 4.79 Å². The average molecular weight is 271 g/mol. The topological polar surface area (TPSA) is 55.1 Å². The average Bonchev–Trinajstić information content (AvgIpc) is 2.21. The largest absolute Gasteiger partial charge is 0.369 e. The number of nitrogens with one attached hydrogen (secondary N) is 1. The molecule has 0 heterocycles. The Labute approximate surface area is 98.2 Å². The third kappa shape index (κ3) is 4.01. The molecule has 0 spiro atoms. The fourth-order valence-electron chi connectivity index (χ4n) is 1.42. The Bertz CT molecular complexity index is 324. The van der Waals surface area contributed by atoms with E-state index in [4.69, 9.17) is 5.73 Å². The number of nitrogens with two attached hydrogens (primary N) is 1. The number of rotatable bonds is 5. The minimum absolute atomic E-state index is 0.186. The zero-order chi connectivity index (χ0) is 11.3. The number of carbonyl (C=O) groups is 1. The van der Waals surface area contributed by atoms with Crippen molar-refractivity contribution >= 4 is 21.8 Å². The van der Waals surface area contributed by atoms with E-state index >= 15 is 0 Å². The predicted molar refractivity (Wildman–Crippen MR) is 64.4 cm³/mol. The van der Waals surface area contributed by atoms with Gasteiger partial charge in [0.1, 0.15) is 0 Å². The van der Waals surface area contributed by atoms with Crippen molar-refractivity contribution < 1.29 is 4.79 Å². The molecule has 0 radical (unpaired) electrons. The van der Waals surface area contributed by atoms with E-state index < -0.39 is 0 Å². The quantitative estimate of drug-likeness (QED) is 0.860. The highest BCUT2D eigenvalue weighted by Gasteiger charge is 2.08. The fraction of sp³-hybridized carbons (Fsp3) is 0.364. The summed E-state index contributed by atoms with van der Waals surface area (Å²) in [6, 6.07) is 8.23. The molecule has 1 rings (SSSR count). The molecule has 1 aromatic rings. The molecule has 0 aliphatic heterocycles. The smallest absolute Gasteiger partial charge is 0.231 e. The summed E-state index contributed by atoms with van der Waals surface area (Å²) in [5.41, 5.74) is 6.26. The second-order valence-corrected chi connectivity index (χ2v) is 4.28. The highest BCUT2D eigenvalue weighted by molar-refractivity contribution is 9.10. The highest BCUT2D eigenvalue weighted by Crippen LogP contribution is 2.18. The van der Waals surface area contributed by atoms with Crippen LogP contribution in [0, 0.1) is 0 Å². The zero-order valence-electron chi connectivity index (χ0n) is 8.66. The maximum absolute atomic E-state index is 10.7. The lowest BCUT2D eigenvalue weighted by atomic mass is 10.0. The molecule has 1 unspecified atom stereocenters. The lowest BCUT2D eigenvalue weighted by Gasteiger charge is -2.16. The van der Waals surface area contributed by atoms with E-state index in [1.807, 2.05) is 24.3 Å². The molecule has 1 atom stereocenters. The number of hydrogen-bond donors (Lipinski definition) is 2. The molecule has 0 saturated carbocycles. The molecule has 4 heteroatoms. The van der Waals surface area contributed by atoms with Crippen molar-refractivity contribution in [3.8, 4) is 0 Å². The maximum atomic E-state index is 10.7. The van der Waals surface area contributed by atoms with E-state index in [2.05, 4.69) is 28.2 Å². The third-order valence-corrected chi connectivity index (χ3v) is 2.73. The molecule has 3 nitrogen and oxygen atoms in total. The minimum Gasteiger partial charge on any atom is -0.369 e. The van der Waals surface area contributed by atoms with Crippen LogP contribution in [0.15, 0.2) is 28.7 Å². The molecular formula is C11H15BrN2O. The van der Waals surface area contributed by atoms with E-state index in [0.29, 0.717) is 0 Å². The van der Waals surface area contributed by atoms with Gasteiger partial charge in [0, 0.05) is 10.5 Å². The molecule has 1 aromatic carbocycles. The molecule has 0 saturated heterocycles. The van der Waals surface area contributed by atoms with Crippen molar-refractivity contribution in [2.45, 2.75) is 19.4 Å². The van der Waals surface area contributed by atoms with Crippen LogP contribution in [0.25, 0.3) is 0 Å². The van der Waals surface area contributed by atoms with Crippen LogP contribution in [0.4, 0.5) is 0 Å².